The van der Waals surface area contributed by atoms with Crippen molar-refractivity contribution in [2.24, 2.45) is 0 Å². The van der Waals surface area contributed by atoms with Gasteiger partial charge in [-0.25, -0.2) is 0 Å². The first-order valence-electron chi connectivity index (χ1n) is 5.18. The Morgan fingerprint density at radius 2 is 2.12 bits per heavy atom. The predicted molar refractivity (Wildman–Crippen MR) is 65.0 cm³/mol. The number of benzene rings is 1. The highest BCUT2D eigenvalue weighted by Gasteiger charge is 2.11. The first-order valence-corrected chi connectivity index (χ1v) is 5.18. The molecule has 0 spiro atoms. The molecule has 0 bridgehead atoms. The molecule has 1 N–H and O–H groups in total. The van der Waals surface area contributed by atoms with Gasteiger partial charge in [-0.3, -0.25) is 15.1 Å². The van der Waals surface area contributed by atoms with Gasteiger partial charge in [-0.1, -0.05) is 0 Å². The second-order valence-electron chi connectivity index (χ2n) is 3.93. The highest BCUT2D eigenvalue weighted by Crippen LogP contribution is 2.28. The van der Waals surface area contributed by atoms with E-state index in [1.54, 1.807) is 18.3 Å². The Kier molecular flexibility index (Phi) is 1.89. The molecule has 0 aliphatic heterocycles. The van der Waals surface area contributed by atoms with E-state index in [1.165, 1.54) is 6.07 Å². The maximum Gasteiger partial charge on any atom is 0.271 e. The van der Waals surface area contributed by atoms with Gasteiger partial charge in [0, 0.05) is 29.1 Å². The third-order valence-corrected chi connectivity index (χ3v) is 2.90. The minimum atomic E-state index is -0.393. The smallest absolute Gasteiger partial charge is 0.271 e. The molecule has 5 nitrogen and oxygen atoms in total. The molecule has 0 amide bonds. The summed E-state index contributed by atoms with van der Waals surface area (Å²) in [5.74, 6) is 0. The number of rotatable bonds is 1. The first kappa shape index (κ1) is 9.77. The number of non-ortho nitro benzene ring substituents is 1. The zero-order chi connectivity index (χ0) is 12.0. The van der Waals surface area contributed by atoms with Crippen molar-refractivity contribution in [3.05, 3.63) is 46.3 Å². The first-order chi connectivity index (χ1) is 8.16. The summed E-state index contributed by atoms with van der Waals surface area (Å²) >= 11 is 0. The summed E-state index contributed by atoms with van der Waals surface area (Å²) in [6.45, 7) is 1.91. The van der Waals surface area contributed by atoms with Gasteiger partial charge in [-0.05, 0) is 19.1 Å². The number of fused-ring (bicyclic) bond motifs is 3. The van der Waals surface area contributed by atoms with Crippen LogP contribution >= 0.6 is 0 Å². The number of nitro benzene ring substituents is 1. The zero-order valence-corrected chi connectivity index (χ0v) is 9.10. The summed E-state index contributed by atoms with van der Waals surface area (Å²) < 4.78 is 0. The van der Waals surface area contributed by atoms with Crippen LogP contribution in [0.4, 0.5) is 5.69 Å². The van der Waals surface area contributed by atoms with Crippen molar-refractivity contribution in [3.63, 3.8) is 0 Å². The molecule has 0 saturated carbocycles. The highest BCUT2D eigenvalue weighted by atomic mass is 16.6. The number of pyridine rings is 1. The maximum atomic E-state index is 10.7. The molecule has 1 aromatic carbocycles. The molecule has 84 valence electrons. The van der Waals surface area contributed by atoms with Gasteiger partial charge in [-0.15, -0.1) is 0 Å². The Balaban J connectivity index is 2.43. The maximum absolute atomic E-state index is 10.7. The fraction of sp³-hybridized carbons (Fsp3) is 0.0833. The third-order valence-electron chi connectivity index (χ3n) is 2.90. The molecule has 0 saturated heterocycles. The number of aryl methyl sites for hydroxylation is 1. The average Bonchev–Trinajstić information content (AvgIpc) is 2.68. The fourth-order valence-corrected chi connectivity index (χ4v) is 2.07. The standard InChI is InChI=1S/C12H9N3O2/c1-7-12-10(4-5-13-7)9-3-2-8(15(16)17)6-11(9)14-12/h2-6,14H,1H3. The number of H-pyrrole nitrogens is 1. The zero-order valence-electron chi connectivity index (χ0n) is 9.10. The van der Waals surface area contributed by atoms with Crippen LogP contribution in [0.3, 0.4) is 0 Å². The topological polar surface area (TPSA) is 71.8 Å². The molecule has 0 fully saturated rings. The minimum absolute atomic E-state index is 0.0923. The molecule has 3 aromatic rings. The van der Waals surface area contributed by atoms with Gasteiger partial charge in [0.1, 0.15) is 0 Å². The number of aromatic amines is 1. The van der Waals surface area contributed by atoms with Crippen molar-refractivity contribution < 1.29 is 4.92 Å². The molecule has 5 heteroatoms. The van der Waals surface area contributed by atoms with Crippen molar-refractivity contribution in [1.82, 2.24) is 9.97 Å². The van der Waals surface area contributed by atoms with Crippen molar-refractivity contribution >= 4 is 27.5 Å². The molecule has 0 atom stereocenters. The molecular formula is C12H9N3O2. The third kappa shape index (κ3) is 1.36. The lowest BCUT2D eigenvalue weighted by Crippen LogP contribution is -1.86. The molecule has 0 aliphatic rings. The van der Waals surface area contributed by atoms with Crippen LogP contribution in [0, 0.1) is 17.0 Å². The van der Waals surface area contributed by atoms with Crippen LogP contribution in [-0.2, 0) is 0 Å². The summed E-state index contributed by atoms with van der Waals surface area (Å²) in [6, 6.07) is 6.75. The van der Waals surface area contributed by atoms with Crippen molar-refractivity contribution in [3.8, 4) is 0 Å². The van der Waals surface area contributed by atoms with Crippen molar-refractivity contribution in [2.45, 2.75) is 6.92 Å². The molecule has 17 heavy (non-hydrogen) atoms. The normalized spacial score (nSPS) is 11.1. The van der Waals surface area contributed by atoms with Crippen LogP contribution in [-0.4, -0.2) is 14.9 Å². The fourth-order valence-electron chi connectivity index (χ4n) is 2.07. The van der Waals surface area contributed by atoms with E-state index in [1.807, 2.05) is 13.0 Å². The Morgan fingerprint density at radius 1 is 1.29 bits per heavy atom. The monoisotopic (exact) mass is 227 g/mol. The van der Waals surface area contributed by atoms with E-state index in [2.05, 4.69) is 9.97 Å². The molecule has 2 heterocycles. The minimum Gasteiger partial charge on any atom is -0.353 e. The predicted octanol–water partition coefficient (Wildman–Crippen LogP) is 2.93. The van der Waals surface area contributed by atoms with Gasteiger partial charge < -0.3 is 4.98 Å². The van der Waals surface area contributed by atoms with Crippen molar-refractivity contribution in [1.29, 1.82) is 0 Å². The second kappa shape index (κ2) is 3.28. The second-order valence-corrected chi connectivity index (χ2v) is 3.93. The van der Waals surface area contributed by atoms with Crippen LogP contribution in [0.1, 0.15) is 5.69 Å². The summed E-state index contributed by atoms with van der Waals surface area (Å²) in [7, 11) is 0. The number of nitrogens with zero attached hydrogens (tertiary/aromatic N) is 2. The van der Waals surface area contributed by atoms with Gasteiger partial charge in [0.2, 0.25) is 0 Å². The Hall–Kier alpha value is -2.43. The van der Waals surface area contributed by atoms with Gasteiger partial charge in [-0.2, -0.15) is 0 Å². The largest absolute Gasteiger partial charge is 0.353 e. The number of hydrogen-bond donors (Lipinski definition) is 1. The van der Waals surface area contributed by atoms with E-state index in [4.69, 9.17) is 0 Å². The molecule has 3 rings (SSSR count). The molecule has 0 radical (unpaired) electrons. The number of nitro groups is 1. The lowest BCUT2D eigenvalue weighted by molar-refractivity contribution is -0.384. The number of hydrogen-bond acceptors (Lipinski definition) is 3. The quantitative estimate of drug-likeness (QED) is 0.513. The Morgan fingerprint density at radius 3 is 2.88 bits per heavy atom. The number of aromatic nitrogens is 2. The van der Waals surface area contributed by atoms with Crippen LogP contribution in [0.25, 0.3) is 21.8 Å². The summed E-state index contributed by atoms with van der Waals surface area (Å²) in [4.78, 5) is 17.7. The SMILES string of the molecule is Cc1nccc2c1[nH]c1cc([N+](=O)[O-])ccc12. The van der Waals surface area contributed by atoms with Gasteiger partial charge in [0.15, 0.2) is 0 Å². The molecular weight excluding hydrogens is 218 g/mol. The van der Waals surface area contributed by atoms with Crippen LogP contribution in [0.15, 0.2) is 30.5 Å². The lowest BCUT2D eigenvalue weighted by Gasteiger charge is -1.93. The molecule has 2 aromatic heterocycles. The van der Waals surface area contributed by atoms with Crippen molar-refractivity contribution in [2.75, 3.05) is 0 Å². The van der Waals surface area contributed by atoms with E-state index < -0.39 is 4.92 Å². The van der Waals surface area contributed by atoms with Crippen LogP contribution in [0.2, 0.25) is 0 Å². The summed E-state index contributed by atoms with van der Waals surface area (Å²) in [5.41, 5.74) is 2.68. The lowest BCUT2D eigenvalue weighted by atomic mass is 10.1. The highest BCUT2D eigenvalue weighted by molar-refractivity contribution is 6.08. The van der Waals surface area contributed by atoms with E-state index in [0.717, 1.165) is 27.5 Å². The summed E-state index contributed by atoms with van der Waals surface area (Å²) in [5, 5.41) is 12.7. The van der Waals surface area contributed by atoms with E-state index >= 15 is 0 Å². The Bertz CT molecular complexity index is 746. The Labute approximate surface area is 96.2 Å². The van der Waals surface area contributed by atoms with E-state index in [-0.39, 0.29) is 5.69 Å². The van der Waals surface area contributed by atoms with Crippen LogP contribution < -0.4 is 0 Å². The van der Waals surface area contributed by atoms with Gasteiger partial charge in [0.05, 0.1) is 21.7 Å². The van der Waals surface area contributed by atoms with Gasteiger partial charge in [0.25, 0.3) is 5.69 Å². The average molecular weight is 227 g/mol. The van der Waals surface area contributed by atoms with Crippen LogP contribution in [0.5, 0.6) is 0 Å². The van der Waals surface area contributed by atoms with Gasteiger partial charge >= 0.3 is 0 Å². The summed E-state index contributed by atoms with van der Waals surface area (Å²) in [6.07, 6.45) is 1.74. The molecule has 0 unspecified atom stereocenters. The van der Waals surface area contributed by atoms with E-state index in [9.17, 15) is 10.1 Å². The van der Waals surface area contributed by atoms with E-state index in [0.29, 0.717) is 0 Å². The number of nitrogens with one attached hydrogen (secondary N) is 1. The molecule has 0 aliphatic carbocycles.